The van der Waals surface area contributed by atoms with Crippen molar-refractivity contribution in [3.8, 4) is 5.69 Å². The molecule has 118 valence electrons. The molecule has 1 heterocycles. The zero-order valence-electron chi connectivity index (χ0n) is 11.6. The van der Waals surface area contributed by atoms with Crippen molar-refractivity contribution in [2.45, 2.75) is 12.6 Å². The molecule has 0 fully saturated rings. The van der Waals surface area contributed by atoms with Crippen LogP contribution in [0.4, 0.5) is 13.2 Å². The normalized spacial score (nSPS) is 11.5. The zero-order chi connectivity index (χ0) is 16.2. The highest BCUT2D eigenvalue weighted by atomic mass is 19.4. The Morgan fingerprint density at radius 3 is 2.77 bits per heavy atom. The lowest BCUT2D eigenvalue weighted by Crippen LogP contribution is -2.26. The first-order valence-electron chi connectivity index (χ1n) is 6.63. The van der Waals surface area contributed by atoms with Crippen molar-refractivity contribution in [3.05, 3.63) is 47.8 Å². The highest BCUT2D eigenvalue weighted by molar-refractivity contribution is 5.94. The van der Waals surface area contributed by atoms with E-state index in [4.69, 9.17) is 5.73 Å². The van der Waals surface area contributed by atoms with Crippen molar-refractivity contribution >= 4 is 5.91 Å². The Balaban J connectivity index is 2.26. The molecule has 0 bridgehead atoms. The van der Waals surface area contributed by atoms with Crippen molar-refractivity contribution in [2.24, 2.45) is 5.73 Å². The third-order valence-corrected chi connectivity index (χ3v) is 2.95. The third-order valence-electron chi connectivity index (χ3n) is 2.95. The van der Waals surface area contributed by atoms with E-state index in [1.165, 1.54) is 24.3 Å². The summed E-state index contributed by atoms with van der Waals surface area (Å²) in [6.45, 7) is 0.859. The van der Waals surface area contributed by atoms with Gasteiger partial charge in [0.25, 0.3) is 5.91 Å². The van der Waals surface area contributed by atoms with E-state index in [0.717, 1.165) is 16.9 Å². The molecule has 1 amide bonds. The van der Waals surface area contributed by atoms with Gasteiger partial charge in [0, 0.05) is 12.1 Å². The molecule has 1 aromatic carbocycles. The van der Waals surface area contributed by atoms with Gasteiger partial charge < -0.3 is 11.1 Å². The van der Waals surface area contributed by atoms with Gasteiger partial charge in [0.05, 0.1) is 11.9 Å². The van der Waals surface area contributed by atoms with Crippen LogP contribution < -0.4 is 11.1 Å². The number of benzene rings is 1. The maximum absolute atomic E-state index is 12.9. The van der Waals surface area contributed by atoms with E-state index in [-0.39, 0.29) is 17.2 Å². The minimum Gasteiger partial charge on any atom is -0.352 e. The maximum atomic E-state index is 12.9. The minimum atomic E-state index is -4.52. The third kappa shape index (κ3) is 3.64. The molecule has 0 aliphatic carbocycles. The number of carbonyl (C=O) groups excluding carboxylic acids is 1. The summed E-state index contributed by atoms with van der Waals surface area (Å²) in [7, 11) is 0. The van der Waals surface area contributed by atoms with Gasteiger partial charge in [0.1, 0.15) is 5.69 Å². The number of nitrogens with two attached hydrogens (primary N) is 1. The van der Waals surface area contributed by atoms with Gasteiger partial charge in [0.15, 0.2) is 0 Å². The second kappa shape index (κ2) is 6.61. The van der Waals surface area contributed by atoms with Crippen LogP contribution in [0.25, 0.3) is 5.69 Å². The van der Waals surface area contributed by atoms with Crippen molar-refractivity contribution in [2.75, 3.05) is 13.1 Å². The van der Waals surface area contributed by atoms with Crippen LogP contribution in [0.3, 0.4) is 0 Å². The Kier molecular flexibility index (Phi) is 4.81. The fourth-order valence-corrected chi connectivity index (χ4v) is 1.91. The van der Waals surface area contributed by atoms with Crippen LogP contribution in [0.15, 0.2) is 36.5 Å². The molecule has 0 aliphatic rings. The second-order valence-corrected chi connectivity index (χ2v) is 4.57. The quantitative estimate of drug-likeness (QED) is 0.829. The smallest absolute Gasteiger partial charge is 0.352 e. The van der Waals surface area contributed by atoms with Gasteiger partial charge in [-0.2, -0.15) is 18.3 Å². The van der Waals surface area contributed by atoms with E-state index >= 15 is 0 Å². The molecule has 0 aliphatic heterocycles. The Labute approximate surface area is 124 Å². The number of carbonyl (C=O) groups is 1. The topological polar surface area (TPSA) is 72.9 Å². The standard InChI is InChI=1S/C14H15F3N4O/c15-14(16,17)12-5-8-20-21(12)11-4-1-3-10(9-11)13(22)19-7-2-6-18/h1,3-5,8-9H,2,6-7,18H2,(H,19,22). The van der Waals surface area contributed by atoms with Crippen LogP contribution in [0, 0.1) is 0 Å². The first kappa shape index (κ1) is 16.0. The zero-order valence-corrected chi connectivity index (χ0v) is 11.6. The Bertz CT molecular complexity index is 652. The van der Waals surface area contributed by atoms with Gasteiger partial charge in [-0.15, -0.1) is 0 Å². The van der Waals surface area contributed by atoms with E-state index in [0.29, 0.717) is 19.5 Å². The van der Waals surface area contributed by atoms with E-state index in [1.807, 2.05) is 0 Å². The summed E-state index contributed by atoms with van der Waals surface area (Å²) in [6, 6.07) is 6.74. The lowest BCUT2D eigenvalue weighted by molar-refractivity contribution is -0.142. The molecule has 22 heavy (non-hydrogen) atoms. The van der Waals surface area contributed by atoms with Gasteiger partial charge in [-0.25, -0.2) is 4.68 Å². The minimum absolute atomic E-state index is 0.170. The molecule has 8 heteroatoms. The molecule has 1 aromatic heterocycles. The van der Waals surface area contributed by atoms with Crippen molar-refractivity contribution in [1.29, 1.82) is 0 Å². The number of aromatic nitrogens is 2. The predicted molar refractivity (Wildman–Crippen MR) is 74.6 cm³/mol. The Hall–Kier alpha value is -2.35. The summed E-state index contributed by atoms with van der Waals surface area (Å²) in [6.07, 6.45) is -2.82. The van der Waals surface area contributed by atoms with Gasteiger partial charge >= 0.3 is 6.18 Å². The van der Waals surface area contributed by atoms with E-state index in [9.17, 15) is 18.0 Å². The van der Waals surface area contributed by atoms with Gasteiger partial charge in [-0.1, -0.05) is 6.07 Å². The summed E-state index contributed by atoms with van der Waals surface area (Å²) in [5.41, 5.74) is 4.87. The van der Waals surface area contributed by atoms with Crippen LogP contribution in [-0.2, 0) is 6.18 Å². The number of nitrogens with zero attached hydrogens (tertiary/aromatic N) is 2. The molecule has 0 radical (unpaired) electrons. The summed E-state index contributed by atoms with van der Waals surface area (Å²) in [4.78, 5) is 11.9. The summed E-state index contributed by atoms with van der Waals surface area (Å²) < 4.78 is 39.4. The SMILES string of the molecule is NCCCNC(=O)c1cccc(-n2nccc2C(F)(F)F)c1. The summed E-state index contributed by atoms with van der Waals surface area (Å²) in [5.74, 6) is -0.365. The number of rotatable bonds is 5. The Morgan fingerprint density at radius 1 is 1.32 bits per heavy atom. The first-order chi connectivity index (χ1) is 10.4. The van der Waals surface area contributed by atoms with Crippen molar-refractivity contribution in [1.82, 2.24) is 15.1 Å². The van der Waals surface area contributed by atoms with Crippen LogP contribution in [0.1, 0.15) is 22.5 Å². The number of halogens is 3. The van der Waals surface area contributed by atoms with Gasteiger partial charge in [-0.05, 0) is 37.2 Å². The van der Waals surface area contributed by atoms with Gasteiger partial charge in [0.2, 0.25) is 0 Å². The van der Waals surface area contributed by atoms with Crippen LogP contribution in [0.2, 0.25) is 0 Å². The molecule has 0 spiro atoms. The van der Waals surface area contributed by atoms with E-state index < -0.39 is 11.9 Å². The molecule has 0 atom stereocenters. The molecule has 0 unspecified atom stereocenters. The highest BCUT2D eigenvalue weighted by Gasteiger charge is 2.35. The van der Waals surface area contributed by atoms with Crippen molar-refractivity contribution in [3.63, 3.8) is 0 Å². The molecule has 0 saturated carbocycles. The Morgan fingerprint density at radius 2 is 2.09 bits per heavy atom. The number of hydrogen-bond acceptors (Lipinski definition) is 3. The molecule has 0 saturated heterocycles. The van der Waals surface area contributed by atoms with Crippen LogP contribution in [-0.4, -0.2) is 28.8 Å². The number of hydrogen-bond donors (Lipinski definition) is 2. The van der Waals surface area contributed by atoms with Crippen LogP contribution >= 0.6 is 0 Å². The van der Waals surface area contributed by atoms with E-state index in [2.05, 4.69) is 10.4 Å². The lowest BCUT2D eigenvalue weighted by atomic mass is 10.2. The molecule has 2 aromatic rings. The molecular formula is C14H15F3N4O. The highest BCUT2D eigenvalue weighted by Crippen LogP contribution is 2.30. The summed E-state index contributed by atoms with van der Waals surface area (Å²) >= 11 is 0. The average molecular weight is 312 g/mol. The van der Waals surface area contributed by atoms with Gasteiger partial charge in [-0.3, -0.25) is 4.79 Å². The monoisotopic (exact) mass is 312 g/mol. The van der Waals surface area contributed by atoms with Crippen molar-refractivity contribution < 1.29 is 18.0 Å². The fourth-order valence-electron chi connectivity index (χ4n) is 1.91. The lowest BCUT2D eigenvalue weighted by Gasteiger charge is -2.11. The second-order valence-electron chi connectivity index (χ2n) is 4.57. The molecular weight excluding hydrogens is 297 g/mol. The maximum Gasteiger partial charge on any atom is 0.433 e. The molecule has 5 nitrogen and oxygen atoms in total. The number of amides is 1. The molecule has 3 N–H and O–H groups in total. The first-order valence-corrected chi connectivity index (χ1v) is 6.63. The summed E-state index contributed by atoms with van der Waals surface area (Å²) in [5, 5.41) is 6.32. The van der Waals surface area contributed by atoms with E-state index in [1.54, 1.807) is 0 Å². The largest absolute Gasteiger partial charge is 0.433 e. The fraction of sp³-hybridized carbons (Fsp3) is 0.286. The average Bonchev–Trinajstić information content (AvgIpc) is 2.97. The van der Waals surface area contributed by atoms with Crippen LogP contribution in [0.5, 0.6) is 0 Å². The number of nitrogens with one attached hydrogen (secondary N) is 1. The number of alkyl halides is 3. The molecule has 2 rings (SSSR count). The predicted octanol–water partition coefficient (Wildman–Crippen LogP) is 1.97.